The lowest BCUT2D eigenvalue weighted by Gasteiger charge is -2.38. The number of H-pyrrole nitrogens is 1. The van der Waals surface area contributed by atoms with Crippen molar-refractivity contribution in [1.82, 2.24) is 10.2 Å². The fraction of sp³-hybridized carbons (Fsp3) is 0.588. The van der Waals surface area contributed by atoms with E-state index in [0.717, 1.165) is 23.3 Å². The lowest BCUT2D eigenvalue weighted by molar-refractivity contribution is 0.212. The molecule has 0 spiro atoms. The molecule has 1 aliphatic carbocycles. The van der Waals surface area contributed by atoms with Gasteiger partial charge in [-0.1, -0.05) is 39.3 Å². The van der Waals surface area contributed by atoms with Gasteiger partial charge in [-0.25, -0.2) is 0 Å². The average molecular weight is 271 g/mol. The number of benzene rings is 1. The van der Waals surface area contributed by atoms with Gasteiger partial charge in [-0.05, 0) is 36.7 Å². The summed E-state index contributed by atoms with van der Waals surface area (Å²) < 4.78 is 0. The topological polar surface area (TPSA) is 40.7 Å². The number of aromatic amines is 1. The maximum absolute atomic E-state index is 4.16. The van der Waals surface area contributed by atoms with Gasteiger partial charge in [0.05, 0.1) is 17.4 Å². The van der Waals surface area contributed by atoms with Gasteiger partial charge in [0, 0.05) is 11.4 Å². The van der Waals surface area contributed by atoms with Crippen LogP contribution in [0, 0.1) is 17.8 Å². The van der Waals surface area contributed by atoms with Crippen LogP contribution < -0.4 is 5.32 Å². The maximum atomic E-state index is 4.16. The van der Waals surface area contributed by atoms with Gasteiger partial charge < -0.3 is 5.32 Å². The van der Waals surface area contributed by atoms with Crippen LogP contribution in [0.2, 0.25) is 0 Å². The first-order chi connectivity index (χ1) is 9.65. The van der Waals surface area contributed by atoms with Crippen molar-refractivity contribution >= 4 is 16.6 Å². The van der Waals surface area contributed by atoms with Crippen molar-refractivity contribution in [3.63, 3.8) is 0 Å². The highest BCUT2D eigenvalue weighted by Crippen LogP contribution is 2.36. The molecule has 0 radical (unpaired) electrons. The first-order valence-corrected chi connectivity index (χ1v) is 7.83. The summed E-state index contributed by atoms with van der Waals surface area (Å²) in [5, 5.41) is 12.3. The van der Waals surface area contributed by atoms with Crippen LogP contribution in [-0.2, 0) is 0 Å². The van der Waals surface area contributed by atoms with Crippen molar-refractivity contribution in [2.24, 2.45) is 17.8 Å². The first-order valence-electron chi connectivity index (χ1n) is 7.83. The van der Waals surface area contributed by atoms with E-state index in [4.69, 9.17) is 0 Å². The van der Waals surface area contributed by atoms with Crippen LogP contribution in [0.5, 0.6) is 0 Å². The molecule has 1 saturated carbocycles. The lowest BCUT2D eigenvalue weighted by atomic mass is 9.74. The summed E-state index contributed by atoms with van der Waals surface area (Å²) in [6.45, 7) is 7.08. The van der Waals surface area contributed by atoms with Crippen LogP contribution in [0.1, 0.15) is 40.0 Å². The highest BCUT2D eigenvalue weighted by molar-refractivity contribution is 5.90. The van der Waals surface area contributed by atoms with E-state index in [1.807, 2.05) is 6.20 Å². The number of anilines is 1. The van der Waals surface area contributed by atoms with E-state index in [2.05, 4.69) is 54.5 Å². The SMILES string of the molecule is CC1CCC(C(C)C)C(Nc2cccc3cn[nH]c23)C1. The number of hydrogen-bond acceptors (Lipinski definition) is 2. The van der Waals surface area contributed by atoms with Crippen molar-refractivity contribution in [2.45, 2.75) is 46.1 Å². The lowest BCUT2D eigenvalue weighted by Crippen LogP contribution is -2.37. The summed E-state index contributed by atoms with van der Waals surface area (Å²) in [6.07, 6.45) is 5.88. The number of fused-ring (bicyclic) bond motifs is 1. The molecule has 1 heterocycles. The third-order valence-corrected chi connectivity index (χ3v) is 4.84. The van der Waals surface area contributed by atoms with Gasteiger partial charge in [0.1, 0.15) is 0 Å². The quantitative estimate of drug-likeness (QED) is 0.866. The molecule has 3 rings (SSSR count). The molecule has 0 aliphatic heterocycles. The second-order valence-corrected chi connectivity index (χ2v) is 6.72. The first kappa shape index (κ1) is 13.5. The number of rotatable bonds is 3. The molecule has 2 aromatic rings. The minimum atomic E-state index is 0.577. The molecule has 0 bridgehead atoms. The fourth-order valence-corrected chi connectivity index (χ4v) is 3.66. The van der Waals surface area contributed by atoms with Gasteiger partial charge in [-0.15, -0.1) is 0 Å². The molecule has 2 N–H and O–H groups in total. The Balaban J connectivity index is 1.86. The molecule has 1 aromatic heterocycles. The minimum absolute atomic E-state index is 0.577. The molecule has 0 saturated heterocycles. The monoisotopic (exact) mass is 271 g/mol. The Morgan fingerprint density at radius 1 is 1.30 bits per heavy atom. The molecule has 20 heavy (non-hydrogen) atoms. The van der Waals surface area contributed by atoms with E-state index in [0.29, 0.717) is 6.04 Å². The zero-order valence-electron chi connectivity index (χ0n) is 12.7. The smallest absolute Gasteiger partial charge is 0.0881 e. The van der Waals surface area contributed by atoms with Gasteiger partial charge >= 0.3 is 0 Å². The van der Waals surface area contributed by atoms with Crippen LogP contribution in [-0.4, -0.2) is 16.2 Å². The fourth-order valence-electron chi connectivity index (χ4n) is 3.66. The van der Waals surface area contributed by atoms with Gasteiger partial charge in [0.15, 0.2) is 0 Å². The highest BCUT2D eigenvalue weighted by atomic mass is 15.1. The van der Waals surface area contributed by atoms with Gasteiger partial charge in [-0.3, -0.25) is 5.10 Å². The van der Waals surface area contributed by atoms with E-state index in [-0.39, 0.29) is 0 Å². The second kappa shape index (κ2) is 5.47. The number of aromatic nitrogens is 2. The molecule has 3 unspecified atom stereocenters. The zero-order chi connectivity index (χ0) is 14.1. The van der Waals surface area contributed by atoms with E-state index in [9.17, 15) is 0 Å². The van der Waals surface area contributed by atoms with Gasteiger partial charge in [0.2, 0.25) is 0 Å². The van der Waals surface area contributed by atoms with Crippen molar-refractivity contribution < 1.29 is 0 Å². The van der Waals surface area contributed by atoms with Crippen LogP contribution in [0.25, 0.3) is 10.9 Å². The Morgan fingerprint density at radius 2 is 2.15 bits per heavy atom. The summed E-state index contributed by atoms with van der Waals surface area (Å²) in [4.78, 5) is 0. The van der Waals surface area contributed by atoms with Crippen molar-refractivity contribution in [3.05, 3.63) is 24.4 Å². The number of nitrogens with one attached hydrogen (secondary N) is 2. The highest BCUT2D eigenvalue weighted by Gasteiger charge is 2.30. The number of nitrogens with zero attached hydrogens (tertiary/aromatic N) is 1. The van der Waals surface area contributed by atoms with E-state index in [1.54, 1.807) is 0 Å². The summed E-state index contributed by atoms with van der Waals surface area (Å²) in [7, 11) is 0. The zero-order valence-corrected chi connectivity index (χ0v) is 12.7. The molecule has 1 aliphatic rings. The van der Waals surface area contributed by atoms with E-state index in [1.165, 1.54) is 30.3 Å². The van der Waals surface area contributed by atoms with Crippen LogP contribution in [0.4, 0.5) is 5.69 Å². The molecule has 3 nitrogen and oxygen atoms in total. The third kappa shape index (κ3) is 2.54. The van der Waals surface area contributed by atoms with Crippen LogP contribution in [0.15, 0.2) is 24.4 Å². The molecule has 1 aromatic carbocycles. The van der Waals surface area contributed by atoms with Crippen molar-refractivity contribution in [3.8, 4) is 0 Å². The normalized spacial score (nSPS) is 27.1. The Kier molecular flexibility index (Phi) is 3.68. The number of hydrogen-bond donors (Lipinski definition) is 2. The Labute approximate surface area is 121 Å². The Morgan fingerprint density at radius 3 is 2.95 bits per heavy atom. The summed E-state index contributed by atoms with van der Waals surface area (Å²) >= 11 is 0. The Hall–Kier alpha value is -1.51. The predicted molar refractivity (Wildman–Crippen MR) is 84.8 cm³/mol. The van der Waals surface area contributed by atoms with Gasteiger partial charge in [0.25, 0.3) is 0 Å². The molecule has 1 fully saturated rings. The standard InChI is InChI=1S/C17H25N3/c1-11(2)14-8-7-12(3)9-16(14)19-15-6-4-5-13-10-18-20-17(13)15/h4-6,10-12,14,16,19H,7-9H2,1-3H3,(H,18,20). The molecule has 3 heteroatoms. The van der Waals surface area contributed by atoms with Crippen molar-refractivity contribution in [2.75, 3.05) is 5.32 Å². The second-order valence-electron chi connectivity index (χ2n) is 6.72. The largest absolute Gasteiger partial charge is 0.380 e. The molecule has 0 amide bonds. The van der Waals surface area contributed by atoms with E-state index >= 15 is 0 Å². The molecule has 108 valence electrons. The van der Waals surface area contributed by atoms with Crippen molar-refractivity contribution in [1.29, 1.82) is 0 Å². The summed E-state index contributed by atoms with van der Waals surface area (Å²) in [5.41, 5.74) is 2.33. The summed E-state index contributed by atoms with van der Waals surface area (Å²) in [5.74, 6) is 2.33. The van der Waals surface area contributed by atoms with Crippen LogP contribution >= 0.6 is 0 Å². The minimum Gasteiger partial charge on any atom is -0.380 e. The Bertz CT molecular complexity index is 572. The predicted octanol–water partition coefficient (Wildman–Crippen LogP) is 4.44. The maximum Gasteiger partial charge on any atom is 0.0881 e. The molecular weight excluding hydrogens is 246 g/mol. The van der Waals surface area contributed by atoms with Gasteiger partial charge in [-0.2, -0.15) is 5.10 Å². The summed E-state index contributed by atoms with van der Waals surface area (Å²) in [6, 6.07) is 6.95. The molecule has 3 atom stereocenters. The average Bonchev–Trinajstić information content (AvgIpc) is 2.88. The number of para-hydroxylation sites is 1. The van der Waals surface area contributed by atoms with E-state index < -0.39 is 0 Å². The van der Waals surface area contributed by atoms with Crippen LogP contribution in [0.3, 0.4) is 0 Å². The third-order valence-electron chi connectivity index (χ3n) is 4.84. The molecular formula is C17H25N3.